The van der Waals surface area contributed by atoms with E-state index in [9.17, 15) is 0 Å². The van der Waals surface area contributed by atoms with Gasteiger partial charge in [0.05, 0.1) is 0 Å². The fourth-order valence-electron chi connectivity index (χ4n) is 3.52. The van der Waals surface area contributed by atoms with Crippen molar-refractivity contribution in [1.82, 2.24) is 15.1 Å². The summed E-state index contributed by atoms with van der Waals surface area (Å²) in [5, 5.41) is 3.59. The van der Waals surface area contributed by atoms with Crippen molar-refractivity contribution in [2.45, 2.75) is 51.6 Å². The SMILES string of the molecule is CCOCCCNCC(C)N1CCCN2CCCC2C1. The van der Waals surface area contributed by atoms with Crippen molar-refractivity contribution in [2.75, 3.05) is 52.5 Å². The Labute approximate surface area is 124 Å². The quantitative estimate of drug-likeness (QED) is 0.684. The van der Waals surface area contributed by atoms with Crippen molar-refractivity contribution < 1.29 is 4.74 Å². The lowest BCUT2D eigenvalue weighted by Crippen LogP contribution is -2.45. The zero-order chi connectivity index (χ0) is 14.2. The van der Waals surface area contributed by atoms with Crippen molar-refractivity contribution in [3.63, 3.8) is 0 Å². The highest BCUT2D eigenvalue weighted by Crippen LogP contribution is 2.22. The molecular formula is C16H33N3O. The van der Waals surface area contributed by atoms with Crippen molar-refractivity contribution in [3.05, 3.63) is 0 Å². The van der Waals surface area contributed by atoms with E-state index in [1.165, 1.54) is 45.4 Å². The first-order valence-corrected chi connectivity index (χ1v) is 8.57. The van der Waals surface area contributed by atoms with Crippen LogP contribution in [0.3, 0.4) is 0 Å². The molecule has 0 amide bonds. The van der Waals surface area contributed by atoms with Crippen LogP contribution >= 0.6 is 0 Å². The van der Waals surface area contributed by atoms with Gasteiger partial charge in [0.2, 0.25) is 0 Å². The molecule has 0 saturated carbocycles. The van der Waals surface area contributed by atoms with Crippen LogP contribution in [0.5, 0.6) is 0 Å². The van der Waals surface area contributed by atoms with Gasteiger partial charge < -0.3 is 10.1 Å². The Balaban J connectivity index is 1.62. The molecular weight excluding hydrogens is 250 g/mol. The third kappa shape index (κ3) is 4.99. The minimum Gasteiger partial charge on any atom is -0.382 e. The molecule has 0 aromatic rings. The number of nitrogens with one attached hydrogen (secondary N) is 1. The van der Waals surface area contributed by atoms with E-state index in [-0.39, 0.29) is 0 Å². The third-order valence-electron chi connectivity index (χ3n) is 4.74. The Morgan fingerprint density at radius 1 is 1.25 bits per heavy atom. The molecule has 0 radical (unpaired) electrons. The highest BCUT2D eigenvalue weighted by atomic mass is 16.5. The maximum absolute atomic E-state index is 5.36. The Morgan fingerprint density at radius 2 is 2.10 bits per heavy atom. The van der Waals surface area contributed by atoms with Gasteiger partial charge in [0, 0.05) is 38.4 Å². The van der Waals surface area contributed by atoms with Crippen molar-refractivity contribution in [2.24, 2.45) is 0 Å². The summed E-state index contributed by atoms with van der Waals surface area (Å²) >= 11 is 0. The van der Waals surface area contributed by atoms with Crippen LogP contribution in [0.15, 0.2) is 0 Å². The van der Waals surface area contributed by atoms with E-state index in [1.807, 2.05) is 0 Å². The lowest BCUT2D eigenvalue weighted by atomic mass is 10.2. The van der Waals surface area contributed by atoms with E-state index >= 15 is 0 Å². The second-order valence-electron chi connectivity index (χ2n) is 6.28. The van der Waals surface area contributed by atoms with Crippen molar-refractivity contribution in [3.8, 4) is 0 Å². The number of fused-ring (bicyclic) bond motifs is 1. The van der Waals surface area contributed by atoms with E-state index in [1.54, 1.807) is 0 Å². The number of nitrogens with zero attached hydrogens (tertiary/aromatic N) is 2. The van der Waals surface area contributed by atoms with Gasteiger partial charge in [0.15, 0.2) is 0 Å². The highest BCUT2D eigenvalue weighted by Gasteiger charge is 2.29. The number of ether oxygens (including phenoxy) is 1. The van der Waals surface area contributed by atoms with E-state index in [4.69, 9.17) is 4.74 Å². The number of hydrogen-bond donors (Lipinski definition) is 1. The molecule has 2 heterocycles. The summed E-state index contributed by atoms with van der Waals surface area (Å²) in [6, 6.07) is 1.49. The number of hydrogen-bond acceptors (Lipinski definition) is 4. The summed E-state index contributed by atoms with van der Waals surface area (Å²) in [6.45, 7) is 13.5. The first-order valence-electron chi connectivity index (χ1n) is 8.57. The molecule has 0 aliphatic carbocycles. The van der Waals surface area contributed by atoms with E-state index in [0.29, 0.717) is 6.04 Å². The lowest BCUT2D eigenvalue weighted by Gasteiger charge is -2.30. The molecule has 2 rings (SSSR count). The molecule has 0 aromatic carbocycles. The standard InChI is InChI=1S/C16H33N3O/c1-3-20-12-5-8-17-13-15(2)19-11-6-10-18-9-4-7-16(18)14-19/h15-17H,3-14H2,1-2H3. The second kappa shape index (κ2) is 8.98. The highest BCUT2D eigenvalue weighted by molar-refractivity contribution is 4.86. The summed E-state index contributed by atoms with van der Waals surface area (Å²) < 4.78 is 5.36. The van der Waals surface area contributed by atoms with Gasteiger partial charge in [-0.3, -0.25) is 9.80 Å². The zero-order valence-corrected chi connectivity index (χ0v) is 13.4. The van der Waals surface area contributed by atoms with Crippen molar-refractivity contribution in [1.29, 1.82) is 0 Å². The average molecular weight is 283 g/mol. The van der Waals surface area contributed by atoms with Gasteiger partial charge in [-0.2, -0.15) is 0 Å². The van der Waals surface area contributed by atoms with Crippen LogP contribution in [0.2, 0.25) is 0 Å². The lowest BCUT2D eigenvalue weighted by molar-refractivity contribution is 0.143. The normalized spacial score (nSPS) is 26.4. The molecule has 2 aliphatic rings. The summed E-state index contributed by atoms with van der Waals surface area (Å²) in [4.78, 5) is 5.41. The molecule has 2 aliphatic heterocycles. The first kappa shape index (κ1) is 16.2. The molecule has 2 saturated heterocycles. The van der Waals surface area contributed by atoms with Crippen LogP contribution in [0.25, 0.3) is 0 Å². The molecule has 2 fully saturated rings. The van der Waals surface area contributed by atoms with Gasteiger partial charge in [-0.1, -0.05) is 0 Å². The summed E-state index contributed by atoms with van der Waals surface area (Å²) in [7, 11) is 0. The molecule has 1 N–H and O–H groups in total. The Bertz CT molecular complexity index is 262. The smallest absolute Gasteiger partial charge is 0.0477 e. The molecule has 118 valence electrons. The second-order valence-corrected chi connectivity index (χ2v) is 6.28. The van der Waals surface area contributed by atoms with Gasteiger partial charge in [-0.15, -0.1) is 0 Å². The topological polar surface area (TPSA) is 27.7 Å². The average Bonchev–Trinajstić information content (AvgIpc) is 2.79. The third-order valence-corrected chi connectivity index (χ3v) is 4.74. The minimum atomic E-state index is 0.655. The predicted molar refractivity (Wildman–Crippen MR) is 84.2 cm³/mol. The van der Waals surface area contributed by atoms with Gasteiger partial charge in [-0.05, 0) is 65.7 Å². The van der Waals surface area contributed by atoms with Gasteiger partial charge in [-0.25, -0.2) is 0 Å². The zero-order valence-electron chi connectivity index (χ0n) is 13.4. The van der Waals surface area contributed by atoms with Crippen LogP contribution in [-0.4, -0.2) is 74.4 Å². The van der Waals surface area contributed by atoms with Crippen LogP contribution in [0, 0.1) is 0 Å². The predicted octanol–water partition coefficient (Wildman–Crippen LogP) is 1.56. The largest absolute Gasteiger partial charge is 0.382 e. The summed E-state index contributed by atoms with van der Waals surface area (Å²) in [5.41, 5.74) is 0. The van der Waals surface area contributed by atoms with Gasteiger partial charge >= 0.3 is 0 Å². The fourth-order valence-corrected chi connectivity index (χ4v) is 3.52. The minimum absolute atomic E-state index is 0.655. The Morgan fingerprint density at radius 3 is 2.95 bits per heavy atom. The van der Waals surface area contributed by atoms with Crippen LogP contribution in [0.4, 0.5) is 0 Å². The molecule has 2 atom stereocenters. The summed E-state index contributed by atoms with van der Waals surface area (Å²) in [6.07, 6.45) is 5.27. The van der Waals surface area contributed by atoms with E-state index < -0.39 is 0 Å². The van der Waals surface area contributed by atoms with E-state index in [2.05, 4.69) is 29.0 Å². The molecule has 2 unspecified atom stereocenters. The van der Waals surface area contributed by atoms with Crippen LogP contribution in [-0.2, 0) is 4.74 Å². The van der Waals surface area contributed by atoms with Gasteiger partial charge in [0.25, 0.3) is 0 Å². The van der Waals surface area contributed by atoms with Crippen LogP contribution < -0.4 is 5.32 Å². The molecule has 0 bridgehead atoms. The molecule has 4 heteroatoms. The van der Waals surface area contributed by atoms with E-state index in [0.717, 1.165) is 38.8 Å². The molecule has 4 nitrogen and oxygen atoms in total. The van der Waals surface area contributed by atoms with Crippen LogP contribution in [0.1, 0.15) is 39.5 Å². The number of rotatable bonds is 8. The molecule has 0 aromatic heterocycles. The first-order chi connectivity index (χ1) is 9.81. The maximum atomic E-state index is 5.36. The monoisotopic (exact) mass is 283 g/mol. The molecule has 0 spiro atoms. The summed E-state index contributed by atoms with van der Waals surface area (Å²) in [5.74, 6) is 0. The van der Waals surface area contributed by atoms with Gasteiger partial charge in [0.1, 0.15) is 0 Å². The Kier molecular flexibility index (Phi) is 7.28. The Hall–Kier alpha value is -0.160. The fraction of sp³-hybridized carbons (Fsp3) is 1.00. The molecule has 20 heavy (non-hydrogen) atoms. The maximum Gasteiger partial charge on any atom is 0.0477 e. The van der Waals surface area contributed by atoms with Crippen molar-refractivity contribution >= 4 is 0 Å².